The number of ether oxygens (including phenoxy) is 2. The largest absolute Gasteiger partial charge is 0.487 e. The maximum absolute atomic E-state index is 9.85. The van der Waals surface area contributed by atoms with Crippen molar-refractivity contribution in [1.29, 1.82) is 0 Å². The van der Waals surface area contributed by atoms with Crippen LogP contribution in [-0.2, 0) is 17.7 Å². The topological polar surface area (TPSA) is 45.2 Å². The quantitative estimate of drug-likeness (QED) is 0.867. The summed E-state index contributed by atoms with van der Waals surface area (Å²) in [6.07, 6.45) is 0.981. The van der Waals surface area contributed by atoms with Gasteiger partial charge < -0.3 is 14.6 Å². The van der Waals surface area contributed by atoms with Crippen LogP contribution in [0.5, 0.6) is 5.75 Å². The molecule has 0 unspecified atom stereocenters. The molecule has 26 heavy (non-hydrogen) atoms. The van der Waals surface area contributed by atoms with E-state index in [0.29, 0.717) is 11.8 Å². The summed E-state index contributed by atoms with van der Waals surface area (Å²) >= 11 is 0. The number of fused-ring (bicyclic) bond motifs is 1. The molecule has 1 N–H and O–H groups in total. The Morgan fingerprint density at radius 2 is 1.88 bits per heavy atom. The third kappa shape index (κ3) is 4.06. The van der Waals surface area contributed by atoms with Gasteiger partial charge in [0.1, 0.15) is 11.4 Å². The van der Waals surface area contributed by atoms with E-state index < -0.39 is 0 Å². The average molecular weight is 360 g/mol. The van der Waals surface area contributed by atoms with E-state index in [1.165, 1.54) is 11.1 Å². The van der Waals surface area contributed by atoms with E-state index in [9.17, 15) is 5.11 Å². The maximum Gasteiger partial charge on any atom is 0.123 e. The van der Waals surface area contributed by atoms with Gasteiger partial charge in [-0.2, -0.15) is 0 Å². The molecule has 0 aromatic heterocycles. The van der Waals surface area contributed by atoms with Crippen LogP contribution in [0.4, 0.5) is 0 Å². The first-order valence-electron chi connectivity index (χ1n) is 9.96. The minimum atomic E-state index is -0.0835. The lowest BCUT2D eigenvalue weighted by atomic mass is 9.96. The minimum Gasteiger partial charge on any atom is -0.487 e. The Morgan fingerprint density at radius 1 is 1.12 bits per heavy atom. The summed E-state index contributed by atoms with van der Waals surface area (Å²) < 4.78 is 11.4. The zero-order valence-corrected chi connectivity index (χ0v) is 16.1. The monoisotopic (exact) mass is 360 g/mol. The molecular formula is C21H32N2O3. The van der Waals surface area contributed by atoms with E-state index in [4.69, 9.17) is 9.47 Å². The summed E-state index contributed by atoms with van der Waals surface area (Å²) in [6, 6.07) is 6.64. The average Bonchev–Trinajstić information content (AvgIpc) is 3.13. The van der Waals surface area contributed by atoms with Crippen molar-refractivity contribution in [3.05, 3.63) is 29.3 Å². The van der Waals surface area contributed by atoms with Crippen molar-refractivity contribution in [1.82, 2.24) is 9.80 Å². The Labute approximate surface area is 156 Å². The summed E-state index contributed by atoms with van der Waals surface area (Å²) in [5.74, 6) is 1.97. The molecule has 2 fully saturated rings. The standard InChI is InChI=1S/C21H32N2O3/c1-21(2)10-17-9-16(3-4-20(17)26-21)11-23-13-18(19(14-23)15-24)12-22-5-7-25-8-6-22/h3-4,9,18-19,24H,5-8,10-15H2,1-2H3/t18-,19-/m1/s1. The Kier molecular flexibility index (Phi) is 5.24. The van der Waals surface area contributed by atoms with E-state index in [0.717, 1.165) is 64.7 Å². The normalized spacial score (nSPS) is 28.9. The summed E-state index contributed by atoms with van der Waals surface area (Å²) in [4.78, 5) is 5.00. The van der Waals surface area contributed by atoms with Crippen molar-refractivity contribution < 1.29 is 14.6 Å². The van der Waals surface area contributed by atoms with Crippen LogP contribution in [0.25, 0.3) is 0 Å². The molecule has 3 aliphatic rings. The smallest absolute Gasteiger partial charge is 0.123 e. The summed E-state index contributed by atoms with van der Waals surface area (Å²) in [5.41, 5.74) is 2.60. The summed E-state index contributed by atoms with van der Waals surface area (Å²) in [5, 5.41) is 9.85. The molecule has 1 aromatic rings. The molecule has 3 aliphatic heterocycles. The highest BCUT2D eigenvalue weighted by Crippen LogP contribution is 2.36. The van der Waals surface area contributed by atoms with Gasteiger partial charge in [-0.3, -0.25) is 9.80 Å². The molecule has 0 radical (unpaired) electrons. The number of likely N-dealkylation sites (tertiary alicyclic amines) is 1. The van der Waals surface area contributed by atoms with Crippen molar-refractivity contribution in [2.45, 2.75) is 32.4 Å². The van der Waals surface area contributed by atoms with Crippen LogP contribution in [0.3, 0.4) is 0 Å². The van der Waals surface area contributed by atoms with Crippen LogP contribution >= 0.6 is 0 Å². The van der Waals surface area contributed by atoms with Gasteiger partial charge in [0.05, 0.1) is 13.2 Å². The van der Waals surface area contributed by atoms with Gasteiger partial charge in [0.2, 0.25) is 0 Å². The van der Waals surface area contributed by atoms with Crippen LogP contribution in [0.2, 0.25) is 0 Å². The number of benzene rings is 1. The van der Waals surface area contributed by atoms with E-state index in [1.54, 1.807) is 0 Å². The second kappa shape index (κ2) is 7.47. The Balaban J connectivity index is 1.37. The fourth-order valence-electron chi connectivity index (χ4n) is 4.71. The molecule has 144 valence electrons. The van der Waals surface area contributed by atoms with Gasteiger partial charge in [0, 0.05) is 52.3 Å². The molecule has 0 spiro atoms. The number of hydrogen-bond donors (Lipinski definition) is 1. The molecule has 3 heterocycles. The fourth-order valence-corrected chi connectivity index (χ4v) is 4.71. The zero-order valence-electron chi connectivity index (χ0n) is 16.1. The third-order valence-electron chi connectivity index (χ3n) is 6.02. The number of morpholine rings is 1. The Hall–Kier alpha value is -1.14. The Bertz CT molecular complexity index is 628. The van der Waals surface area contributed by atoms with Crippen molar-refractivity contribution in [2.24, 2.45) is 11.8 Å². The summed E-state index contributed by atoms with van der Waals surface area (Å²) in [6.45, 7) is 12.4. The molecule has 5 nitrogen and oxygen atoms in total. The van der Waals surface area contributed by atoms with Gasteiger partial charge in [-0.1, -0.05) is 12.1 Å². The van der Waals surface area contributed by atoms with Crippen LogP contribution in [0, 0.1) is 11.8 Å². The highest BCUT2D eigenvalue weighted by atomic mass is 16.5. The molecule has 2 saturated heterocycles. The van der Waals surface area contributed by atoms with Crippen LogP contribution < -0.4 is 4.74 Å². The molecular weight excluding hydrogens is 328 g/mol. The zero-order chi connectivity index (χ0) is 18.1. The van der Waals surface area contributed by atoms with E-state index in [1.807, 2.05) is 0 Å². The molecule has 5 heteroatoms. The molecule has 1 aromatic carbocycles. The number of aliphatic hydroxyl groups is 1. The molecule has 0 aliphatic carbocycles. The van der Waals surface area contributed by atoms with Crippen LogP contribution in [0.15, 0.2) is 18.2 Å². The highest BCUT2D eigenvalue weighted by Gasteiger charge is 2.34. The highest BCUT2D eigenvalue weighted by molar-refractivity contribution is 5.41. The number of nitrogens with zero attached hydrogens (tertiary/aromatic N) is 2. The SMILES string of the molecule is CC1(C)Cc2cc(CN3C[C@@H](CN4CCOCC4)[C@@H](CO)C3)ccc2O1. The first-order chi connectivity index (χ1) is 12.5. The Morgan fingerprint density at radius 3 is 2.65 bits per heavy atom. The molecule has 4 rings (SSSR count). The second-order valence-corrected chi connectivity index (χ2v) is 8.79. The van der Waals surface area contributed by atoms with Crippen LogP contribution in [-0.4, -0.2) is 73.1 Å². The van der Waals surface area contributed by atoms with Gasteiger partial charge in [-0.05, 0) is 42.9 Å². The predicted molar refractivity (Wildman–Crippen MR) is 101 cm³/mol. The fraction of sp³-hybridized carbons (Fsp3) is 0.714. The molecule has 0 amide bonds. The van der Waals surface area contributed by atoms with Crippen molar-refractivity contribution in [3.63, 3.8) is 0 Å². The third-order valence-corrected chi connectivity index (χ3v) is 6.02. The van der Waals surface area contributed by atoms with Gasteiger partial charge in [0.25, 0.3) is 0 Å². The van der Waals surface area contributed by atoms with Crippen molar-refractivity contribution in [3.8, 4) is 5.75 Å². The number of hydrogen-bond acceptors (Lipinski definition) is 5. The van der Waals surface area contributed by atoms with E-state index in [-0.39, 0.29) is 12.2 Å². The molecule has 0 bridgehead atoms. The van der Waals surface area contributed by atoms with Gasteiger partial charge >= 0.3 is 0 Å². The first-order valence-corrected chi connectivity index (χ1v) is 9.96. The van der Waals surface area contributed by atoms with Crippen molar-refractivity contribution >= 4 is 0 Å². The lowest BCUT2D eigenvalue weighted by Crippen LogP contribution is -2.41. The maximum atomic E-state index is 9.85. The lowest BCUT2D eigenvalue weighted by molar-refractivity contribution is 0.0264. The van der Waals surface area contributed by atoms with Gasteiger partial charge in [-0.25, -0.2) is 0 Å². The number of aliphatic hydroxyl groups excluding tert-OH is 1. The van der Waals surface area contributed by atoms with E-state index in [2.05, 4.69) is 41.8 Å². The first kappa shape index (κ1) is 18.2. The molecule has 0 saturated carbocycles. The van der Waals surface area contributed by atoms with Crippen molar-refractivity contribution in [2.75, 3.05) is 52.5 Å². The summed E-state index contributed by atoms with van der Waals surface area (Å²) in [7, 11) is 0. The minimum absolute atomic E-state index is 0.0835. The number of rotatable bonds is 5. The van der Waals surface area contributed by atoms with Crippen LogP contribution in [0.1, 0.15) is 25.0 Å². The van der Waals surface area contributed by atoms with Gasteiger partial charge in [0.15, 0.2) is 0 Å². The predicted octanol–water partition coefficient (Wildman–Crippen LogP) is 1.77. The van der Waals surface area contributed by atoms with E-state index >= 15 is 0 Å². The van der Waals surface area contributed by atoms with Gasteiger partial charge in [-0.15, -0.1) is 0 Å². The molecule has 2 atom stereocenters. The second-order valence-electron chi connectivity index (χ2n) is 8.79. The lowest BCUT2D eigenvalue weighted by Gasteiger charge is -2.30.